The quantitative estimate of drug-likeness (QED) is 0.572. The van der Waals surface area contributed by atoms with E-state index in [2.05, 4.69) is 4.72 Å². The molecule has 1 amide bonds. The lowest BCUT2D eigenvalue weighted by molar-refractivity contribution is -0.186. The first-order valence-electron chi connectivity index (χ1n) is 8.87. The summed E-state index contributed by atoms with van der Waals surface area (Å²) in [6, 6.07) is 12.0. The van der Waals surface area contributed by atoms with Crippen LogP contribution in [0, 0.1) is 5.82 Å². The number of nitrogens with zero attached hydrogens (tertiary/aromatic N) is 1. The van der Waals surface area contributed by atoms with Gasteiger partial charge >= 0.3 is 12.1 Å². The van der Waals surface area contributed by atoms with Gasteiger partial charge in [0.15, 0.2) is 0 Å². The van der Waals surface area contributed by atoms with Crippen LogP contribution in [0.1, 0.15) is 29.5 Å². The average molecular weight is 412 g/mol. The average Bonchev–Trinajstić information content (AvgIpc) is 2.66. The first-order valence-corrected chi connectivity index (χ1v) is 9.69. The molecule has 1 atom stereocenters. The van der Waals surface area contributed by atoms with Gasteiger partial charge in [-0.05, 0) is 65.2 Å². The molecule has 0 bridgehead atoms. The van der Waals surface area contributed by atoms with Crippen LogP contribution >= 0.6 is 11.9 Å². The highest BCUT2D eigenvalue weighted by atomic mass is 32.2. The van der Waals surface area contributed by atoms with Crippen molar-refractivity contribution in [2.75, 3.05) is 13.1 Å². The summed E-state index contributed by atoms with van der Waals surface area (Å²) in [4.78, 5) is 13.2. The van der Waals surface area contributed by atoms with Crippen LogP contribution in [0.3, 0.4) is 0 Å². The highest BCUT2D eigenvalue weighted by Crippen LogP contribution is 2.28. The van der Waals surface area contributed by atoms with Crippen molar-refractivity contribution in [3.05, 3.63) is 65.0 Å². The van der Waals surface area contributed by atoms with Gasteiger partial charge in [0.25, 0.3) is 0 Å². The molecule has 28 heavy (non-hydrogen) atoms. The first-order chi connectivity index (χ1) is 13.2. The van der Waals surface area contributed by atoms with Crippen LogP contribution in [-0.4, -0.2) is 30.1 Å². The fourth-order valence-corrected chi connectivity index (χ4v) is 3.95. The molecule has 0 saturated heterocycles. The lowest BCUT2D eigenvalue weighted by Crippen LogP contribution is -2.43. The molecule has 1 unspecified atom stereocenters. The molecule has 1 N–H and O–H groups in total. The molecule has 0 aromatic heterocycles. The normalized spacial score (nSPS) is 15.2. The van der Waals surface area contributed by atoms with Gasteiger partial charge in [0.1, 0.15) is 5.82 Å². The predicted molar refractivity (Wildman–Crippen MR) is 100 cm³/mol. The summed E-state index contributed by atoms with van der Waals surface area (Å²) in [5.41, 5.74) is 2.72. The molecule has 3 rings (SSSR count). The highest BCUT2D eigenvalue weighted by molar-refractivity contribution is 7.97. The molecular weight excluding hydrogens is 392 g/mol. The fraction of sp³-hybridized carbons (Fsp3) is 0.350. The topological polar surface area (TPSA) is 32.3 Å². The number of nitrogens with one attached hydrogen (secondary N) is 1. The number of carbonyl (C=O) groups is 1. The minimum absolute atomic E-state index is 0.0337. The third kappa shape index (κ3) is 5.05. The molecule has 0 spiro atoms. The predicted octanol–water partition coefficient (Wildman–Crippen LogP) is 4.67. The van der Waals surface area contributed by atoms with Gasteiger partial charge in [0.05, 0.1) is 0 Å². The van der Waals surface area contributed by atoms with Gasteiger partial charge in [-0.1, -0.05) is 25.1 Å². The van der Waals surface area contributed by atoms with Crippen LogP contribution in [0.15, 0.2) is 47.4 Å². The Morgan fingerprint density at radius 2 is 1.89 bits per heavy atom. The Labute approximate surface area is 165 Å². The molecule has 150 valence electrons. The Balaban J connectivity index is 1.58. The van der Waals surface area contributed by atoms with E-state index in [1.54, 1.807) is 12.1 Å². The molecule has 1 aliphatic heterocycles. The Morgan fingerprint density at radius 1 is 1.18 bits per heavy atom. The Bertz CT molecular complexity index is 839. The zero-order chi connectivity index (χ0) is 20.3. The maximum Gasteiger partial charge on any atom is 0.471 e. The highest BCUT2D eigenvalue weighted by Gasteiger charge is 2.43. The monoisotopic (exact) mass is 412 g/mol. The number of halogens is 4. The molecule has 0 saturated carbocycles. The van der Waals surface area contributed by atoms with Crippen LogP contribution in [0.25, 0.3) is 0 Å². The first kappa shape index (κ1) is 20.7. The maximum atomic E-state index is 13.0. The van der Waals surface area contributed by atoms with Crippen molar-refractivity contribution in [2.24, 2.45) is 0 Å². The lowest BCUT2D eigenvalue weighted by atomic mass is 10.00. The summed E-state index contributed by atoms with van der Waals surface area (Å²) < 4.78 is 54.2. The molecule has 2 aromatic carbocycles. The van der Waals surface area contributed by atoms with E-state index >= 15 is 0 Å². The Hall–Kier alpha value is -2.06. The molecule has 0 aliphatic carbocycles. The van der Waals surface area contributed by atoms with E-state index in [-0.39, 0.29) is 24.8 Å². The third-order valence-corrected chi connectivity index (χ3v) is 5.54. The van der Waals surface area contributed by atoms with Gasteiger partial charge in [0.2, 0.25) is 0 Å². The van der Waals surface area contributed by atoms with Gasteiger partial charge in [0, 0.05) is 24.5 Å². The molecule has 3 nitrogen and oxygen atoms in total. The van der Waals surface area contributed by atoms with Crippen molar-refractivity contribution in [2.45, 2.75) is 36.9 Å². The maximum absolute atomic E-state index is 13.0. The Kier molecular flexibility index (Phi) is 6.30. The second-order valence-corrected chi connectivity index (χ2v) is 7.77. The molecule has 0 fully saturated rings. The number of fused-ring (bicyclic) bond motifs is 1. The summed E-state index contributed by atoms with van der Waals surface area (Å²) in [5.74, 6) is -1.89. The van der Waals surface area contributed by atoms with E-state index in [1.807, 2.05) is 25.1 Å². The van der Waals surface area contributed by atoms with Crippen molar-refractivity contribution in [1.82, 2.24) is 9.62 Å². The van der Waals surface area contributed by atoms with Gasteiger partial charge in [-0.25, -0.2) is 4.39 Å². The van der Waals surface area contributed by atoms with Crippen LogP contribution < -0.4 is 4.72 Å². The van der Waals surface area contributed by atoms with Crippen LogP contribution in [-0.2, 0) is 17.8 Å². The fourth-order valence-electron chi connectivity index (χ4n) is 3.11. The van der Waals surface area contributed by atoms with E-state index < -0.39 is 12.1 Å². The van der Waals surface area contributed by atoms with Crippen LogP contribution in [0.4, 0.5) is 17.6 Å². The van der Waals surface area contributed by atoms with E-state index in [9.17, 15) is 22.4 Å². The molecule has 1 heterocycles. The number of alkyl halides is 3. The van der Waals surface area contributed by atoms with E-state index in [1.165, 1.54) is 24.1 Å². The SMILES string of the molecule is CC(CNSc1ccc2c(c1)CN(C(=O)C(F)(F)F)CC2)c1ccc(F)cc1. The summed E-state index contributed by atoms with van der Waals surface area (Å²) in [7, 11) is 0. The number of hydrogen-bond donors (Lipinski definition) is 1. The summed E-state index contributed by atoms with van der Waals surface area (Å²) in [6.45, 7) is 2.71. The van der Waals surface area contributed by atoms with Crippen molar-refractivity contribution in [3.63, 3.8) is 0 Å². The van der Waals surface area contributed by atoms with E-state index in [0.717, 1.165) is 26.5 Å². The van der Waals surface area contributed by atoms with E-state index in [0.29, 0.717) is 13.0 Å². The van der Waals surface area contributed by atoms with Crippen molar-refractivity contribution in [1.29, 1.82) is 0 Å². The van der Waals surface area contributed by atoms with Gasteiger partial charge in [-0.15, -0.1) is 0 Å². The zero-order valence-electron chi connectivity index (χ0n) is 15.2. The summed E-state index contributed by atoms with van der Waals surface area (Å²) in [5, 5.41) is 0. The number of rotatable bonds is 5. The van der Waals surface area contributed by atoms with Gasteiger partial charge in [-0.2, -0.15) is 13.2 Å². The van der Waals surface area contributed by atoms with Crippen molar-refractivity contribution < 1.29 is 22.4 Å². The molecular formula is C20H20F4N2OS. The molecule has 8 heteroatoms. The summed E-state index contributed by atoms with van der Waals surface area (Å²) in [6.07, 6.45) is -4.43. The number of benzene rings is 2. The van der Waals surface area contributed by atoms with Crippen molar-refractivity contribution in [3.8, 4) is 0 Å². The van der Waals surface area contributed by atoms with Gasteiger partial charge in [-0.3, -0.25) is 9.52 Å². The largest absolute Gasteiger partial charge is 0.471 e. The second kappa shape index (κ2) is 8.53. The third-order valence-electron chi connectivity index (χ3n) is 4.74. The number of amides is 1. The molecule has 2 aromatic rings. The summed E-state index contributed by atoms with van der Waals surface area (Å²) >= 11 is 1.38. The molecule has 1 aliphatic rings. The van der Waals surface area contributed by atoms with E-state index in [4.69, 9.17) is 0 Å². The van der Waals surface area contributed by atoms with Crippen LogP contribution in [0.5, 0.6) is 0 Å². The Morgan fingerprint density at radius 3 is 2.57 bits per heavy atom. The zero-order valence-corrected chi connectivity index (χ0v) is 16.0. The van der Waals surface area contributed by atoms with Crippen molar-refractivity contribution >= 4 is 17.9 Å². The van der Waals surface area contributed by atoms with Crippen LogP contribution in [0.2, 0.25) is 0 Å². The second-order valence-electron chi connectivity index (χ2n) is 6.81. The van der Waals surface area contributed by atoms with Gasteiger partial charge < -0.3 is 4.90 Å². The molecule has 0 radical (unpaired) electrons. The number of carbonyl (C=O) groups excluding carboxylic acids is 1. The number of hydrogen-bond acceptors (Lipinski definition) is 3. The smallest absolute Gasteiger partial charge is 0.330 e. The lowest BCUT2D eigenvalue weighted by Gasteiger charge is -2.29. The minimum Gasteiger partial charge on any atom is -0.330 e. The minimum atomic E-state index is -4.85. The standard InChI is InChI=1S/C20H20F4N2OS/c1-13(14-2-5-17(21)6-3-14)11-25-28-18-7-4-15-8-9-26(12-16(15)10-18)19(27)20(22,23)24/h2-7,10,13,25H,8-9,11-12H2,1H3.